The fraction of sp³-hybridized carbons (Fsp3) is 0.625. The van der Waals surface area contributed by atoms with Gasteiger partial charge in [-0.15, -0.1) is 0 Å². The molecule has 2 unspecified atom stereocenters. The predicted molar refractivity (Wildman–Crippen MR) is 78.0 cm³/mol. The summed E-state index contributed by atoms with van der Waals surface area (Å²) in [5.41, 5.74) is 1.27. The summed E-state index contributed by atoms with van der Waals surface area (Å²) in [7, 11) is 0. The van der Waals surface area contributed by atoms with E-state index in [1.165, 1.54) is 12.0 Å². The number of hydrogen-bond donors (Lipinski definition) is 1. The van der Waals surface area contributed by atoms with Crippen LogP contribution in [0, 0.1) is 5.82 Å². The Kier molecular flexibility index (Phi) is 5.34. The molecule has 0 saturated carbocycles. The van der Waals surface area contributed by atoms with Crippen LogP contribution in [0.1, 0.15) is 38.2 Å². The molecule has 0 aliphatic carbocycles. The van der Waals surface area contributed by atoms with Crippen LogP contribution in [0.15, 0.2) is 24.3 Å². The number of likely N-dealkylation sites (N-methyl/N-ethyl adjacent to an activating group) is 1. The van der Waals surface area contributed by atoms with E-state index in [0.29, 0.717) is 12.0 Å². The number of piperidine rings is 1. The van der Waals surface area contributed by atoms with Crippen LogP contribution in [0.25, 0.3) is 0 Å². The summed E-state index contributed by atoms with van der Waals surface area (Å²) in [6.07, 6.45) is 2.33. The molecule has 0 spiro atoms. The van der Waals surface area contributed by atoms with Crippen molar-refractivity contribution in [2.45, 2.75) is 38.6 Å². The molecule has 1 aromatic rings. The second-order valence-corrected chi connectivity index (χ2v) is 5.49. The largest absolute Gasteiger partial charge is 0.313 e. The molecular formula is C16H25FN2. The highest BCUT2D eigenvalue weighted by Gasteiger charge is 2.26. The van der Waals surface area contributed by atoms with Gasteiger partial charge in [0.1, 0.15) is 5.82 Å². The van der Waals surface area contributed by atoms with E-state index in [-0.39, 0.29) is 5.82 Å². The highest BCUT2D eigenvalue weighted by molar-refractivity contribution is 5.22. The smallest absolute Gasteiger partial charge is 0.123 e. The predicted octanol–water partition coefficient (Wildman–Crippen LogP) is 3.00. The molecule has 0 bridgehead atoms. The van der Waals surface area contributed by atoms with E-state index in [0.717, 1.165) is 32.6 Å². The number of nitrogens with zero attached hydrogens (tertiary/aromatic N) is 1. The molecule has 2 rings (SSSR count). The fourth-order valence-corrected chi connectivity index (χ4v) is 2.92. The quantitative estimate of drug-likeness (QED) is 0.879. The first-order chi connectivity index (χ1) is 9.22. The zero-order chi connectivity index (χ0) is 13.7. The van der Waals surface area contributed by atoms with E-state index in [9.17, 15) is 4.39 Å². The fourth-order valence-electron chi connectivity index (χ4n) is 2.92. The second-order valence-electron chi connectivity index (χ2n) is 5.49. The average Bonchev–Trinajstić information content (AvgIpc) is 2.45. The van der Waals surface area contributed by atoms with Gasteiger partial charge in [-0.25, -0.2) is 4.39 Å². The normalized spacial score (nSPS) is 24.6. The van der Waals surface area contributed by atoms with Crippen LogP contribution in [0.5, 0.6) is 0 Å². The van der Waals surface area contributed by atoms with Crippen LogP contribution in [0.4, 0.5) is 4.39 Å². The Morgan fingerprint density at radius 3 is 2.58 bits per heavy atom. The Labute approximate surface area is 116 Å². The maximum absolute atomic E-state index is 13.0. The van der Waals surface area contributed by atoms with Crippen molar-refractivity contribution in [2.24, 2.45) is 0 Å². The van der Waals surface area contributed by atoms with Gasteiger partial charge in [-0.2, -0.15) is 0 Å². The summed E-state index contributed by atoms with van der Waals surface area (Å²) in [6, 6.07) is 7.60. The Balaban J connectivity index is 2.04. The lowest BCUT2D eigenvalue weighted by Crippen LogP contribution is -2.48. The first-order valence-corrected chi connectivity index (χ1v) is 7.44. The third-order valence-electron chi connectivity index (χ3n) is 4.00. The summed E-state index contributed by atoms with van der Waals surface area (Å²) in [5.74, 6) is 0.372. The topological polar surface area (TPSA) is 15.3 Å². The SMILES string of the molecule is CCCNC1CC(c2ccc(F)cc2)CN(CC)C1. The molecule has 0 radical (unpaired) electrons. The van der Waals surface area contributed by atoms with Crippen molar-refractivity contribution in [1.29, 1.82) is 0 Å². The lowest BCUT2D eigenvalue weighted by Gasteiger charge is -2.38. The highest BCUT2D eigenvalue weighted by atomic mass is 19.1. The van der Waals surface area contributed by atoms with Gasteiger partial charge >= 0.3 is 0 Å². The zero-order valence-electron chi connectivity index (χ0n) is 12.0. The molecule has 1 aromatic carbocycles. The van der Waals surface area contributed by atoms with E-state index in [1.54, 1.807) is 12.1 Å². The zero-order valence-corrected chi connectivity index (χ0v) is 12.0. The summed E-state index contributed by atoms with van der Waals surface area (Å²) < 4.78 is 13.0. The van der Waals surface area contributed by atoms with E-state index in [2.05, 4.69) is 24.1 Å². The van der Waals surface area contributed by atoms with E-state index >= 15 is 0 Å². The molecule has 2 atom stereocenters. The van der Waals surface area contributed by atoms with Crippen molar-refractivity contribution in [2.75, 3.05) is 26.2 Å². The standard InChI is InChI=1S/C16H25FN2/c1-3-9-18-16-10-14(11-19(4-2)12-16)13-5-7-15(17)8-6-13/h5-8,14,16,18H,3-4,9-12H2,1-2H3. The highest BCUT2D eigenvalue weighted by Crippen LogP contribution is 2.27. The Hall–Kier alpha value is -0.930. The molecule has 0 aromatic heterocycles. The molecule has 1 aliphatic rings. The lowest BCUT2D eigenvalue weighted by atomic mass is 9.88. The molecule has 1 fully saturated rings. The summed E-state index contributed by atoms with van der Waals surface area (Å²) in [4.78, 5) is 2.49. The number of likely N-dealkylation sites (tertiary alicyclic amines) is 1. The van der Waals surface area contributed by atoms with Crippen molar-refractivity contribution >= 4 is 0 Å². The maximum atomic E-state index is 13.0. The molecule has 19 heavy (non-hydrogen) atoms. The van der Waals surface area contributed by atoms with Gasteiger partial charge < -0.3 is 10.2 Å². The van der Waals surface area contributed by atoms with Gasteiger partial charge in [-0.05, 0) is 49.5 Å². The van der Waals surface area contributed by atoms with Gasteiger partial charge in [0.25, 0.3) is 0 Å². The molecule has 3 heteroatoms. The Bertz CT molecular complexity index is 377. The number of halogens is 1. The molecule has 1 aliphatic heterocycles. The van der Waals surface area contributed by atoms with Gasteiger partial charge in [0.05, 0.1) is 0 Å². The molecular weight excluding hydrogens is 239 g/mol. The number of benzene rings is 1. The first kappa shape index (κ1) is 14.5. The first-order valence-electron chi connectivity index (χ1n) is 7.44. The Morgan fingerprint density at radius 2 is 1.95 bits per heavy atom. The third kappa shape index (κ3) is 4.02. The average molecular weight is 264 g/mol. The van der Waals surface area contributed by atoms with Crippen LogP contribution >= 0.6 is 0 Å². The van der Waals surface area contributed by atoms with Crippen LogP contribution in [0.3, 0.4) is 0 Å². The van der Waals surface area contributed by atoms with Crippen LogP contribution in [-0.4, -0.2) is 37.1 Å². The van der Waals surface area contributed by atoms with Crippen molar-refractivity contribution in [3.05, 3.63) is 35.6 Å². The van der Waals surface area contributed by atoms with E-state index in [1.807, 2.05) is 12.1 Å². The summed E-state index contributed by atoms with van der Waals surface area (Å²) >= 11 is 0. The second kappa shape index (κ2) is 7.01. The van der Waals surface area contributed by atoms with Crippen molar-refractivity contribution in [3.8, 4) is 0 Å². The van der Waals surface area contributed by atoms with Crippen molar-refractivity contribution in [3.63, 3.8) is 0 Å². The number of nitrogens with one attached hydrogen (secondary N) is 1. The maximum Gasteiger partial charge on any atom is 0.123 e. The van der Waals surface area contributed by atoms with E-state index < -0.39 is 0 Å². The minimum absolute atomic E-state index is 0.146. The lowest BCUT2D eigenvalue weighted by molar-refractivity contribution is 0.179. The van der Waals surface area contributed by atoms with Crippen LogP contribution in [-0.2, 0) is 0 Å². The summed E-state index contributed by atoms with van der Waals surface area (Å²) in [6.45, 7) is 8.80. The molecule has 2 nitrogen and oxygen atoms in total. The summed E-state index contributed by atoms with van der Waals surface area (Å²) in [5, 5.41) is 3.63. The van der Waals surface area contributed by atoms with Crippen molar-refractivity contribution in [1.82, 2.24) is 10.2 Å². The molecule has 1 heterocycles. The molecule has 1 N–H and O–H groups in total. The molecule has 106 valence electrons. The van der Waals surface area contributed by atoms with Crippen LogP contribution in [0.2, 0.25) is 0 Å². The van der Waals surface area contributed by atoms with E-state index in [4.69, 9.17) is 0 Å². The van der Waals surface area contributed by atoms with Gasteiger partial charge in [-0.3, -0.25) is 0 Å². The minimum atomic E-state index is -0.146. The minimum Gasteiger partial charge on any atom is -0.313 e. The molecule has 1 saturated heterocycles. The number of rotatable bonds is 5. The van der Waals surface area contributed by atoms with Gasteiger partial charge in [-0.1, -0.05) is 26.0 Å². The van der Waals surface area contributed by atoms with Gasteiger partial charge in [0, 0.05) is 19.1 Å². The third-order valence-corrected chi connectivity index (χ3v) is 4.00. The molecule has 0 amide bonds. The number of hydrogen-bond acceptors (Lipinski definition) is 2. The monoisotopic (exact) mass is 264 g/mol. The van der Waals surface area contributed by atoms with Gasteiger partial charge in [0.2, 0.25) is 0 Å². The van der Waals surface area contributed by atoms with Crippen LogP contribution < -0.4 is 5.32 Å². The van der Waals surface area contributed by atoms with Crippen molar-refractivity contribution < 1.29 is 4.39 Å². The van der Waals surface area contributed by atoms with Gasteiger partial charge in [0.15, 0.2) is 0 Å². The Morgan fingerprint density at radius 1 is 1.21 bits per heavy atom.